The number of aromatic nitrogens is 3. The summed E-state index contributed by atoms with van der Waals surface area (Å²) >= 11 is 3.23. The predicted molar refractivity (Wildman–Crippen MR) is 63.9 cm³/mol. The summed E-state index contributed by atoms with van der Waals surface area (Å²) in [4.78, 5) is 5.47. The van der Waals surface area contributed by atoms with Crippen molar-refractivity contribution in [1.29, 1.82) is 0 Å². The molecule has 1 atom stereocenters. The molecule has 5 nitrogen and oxygen atoms in total. The highest BCUT2D eigenvalue weighted by atomic mass is 79.9. The van der Waals surface area contributed by atoms with E-state index in [1.54, 1.807) is 16.8 Å². The van der Waals surface area contributed by atoms with E-state index in [0.29, 0.717) is 15.9 Å². The van der Waals surface area contributed by atoms with Crippen molar-refractivity contribution in [2.24, 2.45) is 0 Å². The highest BCUT2D eigenvalue weighted by Gasteiger charge is 2.48. The number of alkyl halides is 2. The van der Waals surface area contributed by atoms with Gasteiger partial charge in [-0.2, -0.15) is 5.10 Å². The van der Waals surface area contributed by atoms with E-state index in [-0.39, 0.29) is 6.54 Å². The lowest BCUT2D eigenvalue weighted by Crippen LogP contribution is -2.31. The maximum Gasteiger partial charge on any atom is 0.292 e. The van der Waals surface area contributed by atoms with E-state index < -0.39 is 18.6 Å². The van der Waals surface area contributed by atoms with Gasteiger partial charge < -0.3 is 10.0 Å². The Morgan fingerprint density at radius 1 is 1.50 bits per heavy atom. The van der Waals surface area contributed by atoms with Crippen LogP contribution in [0.1, 0.15) is 0 Å². The van der Waals surface area contributed by atoms with Gasteiger partial charge in [0, 0.05) is 18.5 Å². The lowest BCUT2D eigenvalue weighted by molar-refractivity contribution is -0.0712. The van der Waals surface area contributed by atoms with E-state index in [1.165, 1.54) is 11.1 Å². The number of β-amino-alcohol motifs (C(OH)–C–C–N with tert-alkyl or cyclic N) is 1. The maximum atomic E-state index is 13.3. The van der Waals surface area contributed by atoms with Crippen molar-refractivity contribution in [2.75, 3.05) is 18.0 Å². The first-order chi connectivity index (χ1) is 8.47. The lowest BCUT2D eigenvalue weighted by atomic mass is 10.2. The molecule has 1 unspecified atom stereocenters. The van der Waals surface area contributed by atoms with Crippen molar-refractivity contribution in [3.8, 4) is 0 Å². The third kappa shape index (κ3) is 1.76. The van der Waals surface area contributed by atoms with Crippen molar-refractivity contribution < 1.29 is 13.9 Å². The number of anilines is 1. The standard InChI is InChI=1S/C10H9BrF2N4O/c11-8-3-6-9(14-1-2-17(6)15-8)16-4-7(18)10(12,13)5-16/h1-3,7,18H,4-5H2. The first-order valence-electron chi connectivity index (χ1n) is 5.28. The first kappa shape index (κ1) is 11.8. The highest BCUT2D eigenvalue weighted by molar-refractivity contribution is 9.10. The normalized spacial score (nSPS) is 22.9. The van der Waals surface area contributed by atoms with Crippen molar-refractivity contribution >= 4 is 27.3 Å². The van der Waals surface area contributed by atoms with E-state index in [1.807, 2.05) is 0 Å². The van der Waals surface area contributed by atoms with Gasteiger partial charge in [-0.1, -0.05) is 0 Å². The van der Waals surface area contributed by atoms with Gasteiger partial charge >= 0.3 is 0 Å². The molecule has 0 aliphatic carbocycles. The van der Waals surface area contributed by atoms with Gasteiger partial charge in [-0.25, -0.2) is 18.3 Å². The topological polar surface area (TPSA) is 53.7 Å². The monoisotopic (exact) mass is 318 g/mol. The molecule has 96 valence electrons. The largest absolute Gasteiger partial charge is 0.385 e. The average Bonchev–Trinajstić information content (AvgIpc) is 2.78. The number of aliphatic hydroxyl groups is 1. The van der Waals surface area contributed by atoms with Gasteiger partial charge in [0.25, 0.3) is 5.92 Å². The second-order valence-corrected chi connectivity index (χ2v) is 5.02. The Labute approximate surface area is 109 Å². The van der Waals surface area contributed by atoms with Crippen LogP contribution in [0.3, 0.4) is 0 Å². The summed E-state index contributed by atoms with van der Waals surface area (Å²) in [6.07, 6.45) is 1.46. The van der Waals surface area contributed by atoms with E-state index in [4.69, 9.17) is 0 Å². The van der Waals surface area contributed by atoms with E-state index >= 15 is 0 Å². The van der Waals surface area contributed by atoms with Crippen LogP contribution in [-0.2, 0) is 0 Å². The summed E-state index contributed by atoms with van der Waals surface area (Å²) in [6, 6.07) is 1.70. The van der Waals surface area contributed by atoms with E-state index in [0.717, 1.165) is 0 Å². The highest BCUT2D eigenvalue weighted by Crippen LogP contribution is 2.32. The molecule has 0 radical (unpaired) electrons. The van der Waals surface area contributed by atoms with Crippen LogP contribution >= 0.6 is 15.9 Å². The van der Waals surface area contributed by atoms with Gasteiger partial charge in [-0.15, -0.1) is 0 Å². The Hall–Kier alpha value is -1.28. The molecule has 0 spiro atoms. The molecule has 8 heteroatoms. The fourth-order valence-electron chi connectivity index (χ4n) is 2.05. The Kier molecular flexibility index (Phi) is 2.53. The first-order valence-corrected chi connectivity index (χ1v) is 6.07. The number of halogens is 3. The molecule has 1 aliphatic rings. The predicted octanol–water partition coefficient (Wildman–Crippen LogP) is 1.31. The second kappa shape index (κ2) is 3.86. The lowest BCUT2D eigenvalue weighted by Gasteiger charge is -2.16. The summed E-state index contributed by atoms with van der Waals surface area (Å²) < 4.78 is 28.8. The van der Waals surface area contributed by atoms with Crippen LogP contribution in [0.2, 0.25) is 0 Å². The Morgan fingerprint density at radius 2 is 2.28 bits per heavy atom. The Bertz CT molecular complexity index is 603. The zero-order valence-corrected chi connectivity index (χ0v) is 10.7. The van der Waals surface area contributed by atoms with Gasteiger partial charge in [0.2, 0.25) is 0 Å². The SMILES string of the molecule is OC1CN(c2nccn3nc(Br)cc23)CC1(F)F. The number of fused-ring (bicyclic) bond motifs is 1. The van der Waals surface area contributed by atoms with Crippen LogP contribution < -0.4 is 4.90 Å². The smallest absolute Gasteiger partial charge is 0.292 e. The van der Waals surface area contributed by atoms with Gasteiger partial charge in [0.05, 0.1) is 13.1 Å². The molecule has 0 aromatic carbocycles. The number of hydrogen-bond acceptors (Lipinski definition) is 4. The number of hydrogen-bond donors (Lipinski definition) is 1. The van der Waals surface area contributed by atoms with Crippen LogP contribution in [-0.4, -0.2) is 44.8 Å². The molecule has 0 amide bonds. The molecule has 0 saturated carbocycles. The molecule has 3 heterocycles. The van der Waals surface area contributed by atoms with Crippen molar-refractivity contribution in [3.05, 3.63) is 23.1 Å². The Morgan fingerprint density at radius 3 is 2.94 bits per heavy atom. The molecule has 3 rings (SSSR count). The molecule has 1 N–H and O–H groups in total. The minimum absolute atomic E-state index is 0.136. The summed E-state index contributed by atoms with van der Waals surface area (Å²) in [7, 11) is 0. The minimum Gasteiger partial charge on any atom is -0.385 e. The number of nitrogens with zero attached hydrogens (tertiary/aromatic N) is 4. The minimum atomic E-state index is -3.11. The quantitative estimate of drug-likeness (QED) is 0.861. The van der Waals surface area contributed by atoms with Gasteiger partial charge in [-0.3, -0.25) is 0 Å². The van der Waals surface area contributed by atoms with Crippen molar-refractivity contribution in [1.82, 2.24) is 14.6 Å². The van der Waals surface area contributed by atoms with Crippen LogP contribution in [0.25, 0.3) is 5.52 Å². The zero-order chi connectivity index (χ0) is 12.9. The van der Waals surface area contributed by atoms with Gasteiger partial charge in [0.1, 0.15) is 16.2 Å². The number of rotatable bonds is 1. The average molecular weight is 319 g/mol. The van der Waals surface area contributed by atoms with Gasteiger partial charge in [0.15, 0.2) is 5.82 Å². The molecular formula is C10H9BrF2N4O. The van der Waals surface area contributed by atoms with Crippen molar-refractivity contribution in [2.45, 2.75) is 12.0 Å². The van der Waals surface area contributed by atoms with Crippen LogP contribution in [0.5, 0.6) is 0 Å². The zero-order valence-electron chi connectivity index (χ0n) is 9.09. The fraction of sp³-hybridized carbons (Fsp3) is 0.400. The Balaban J connectivity index is 2.05. The summed E-state index contributed by atoms with van der Waals surface area (Å²) in [5, 5.41) is 13.4. The van der Waals surface area contributed by atoms with E-state index in [2.05, 4.69) is 26.0 Å². The van der Waals surface area contributed by atoms with Crippen LogP contribution in [0.15, 0.2) is 23.1 Å². The molecule has 1 aliphatic heterocycles. The number of aliphatic hydroxyl groups excluding tert-OH is 1. The fourth-order valence-corrected chi connectivity index (χ4v) is 2.44. The molecule has 2 aromatic rings. The molecule has 1 saturated heterocycles. The summed E-state index contributed by atoms with van der Waals surface area (Å²) in [6.45, 7) is -0.674. The van der Waals surface area contributed by atoms with Crippen LogP contribution in [0.4, 0.5) is 14.6 Å². The maximum absolute atomic E-state index is 13.3. The molecule has 18 heavy (non-hydrogen) atoms. The third-order valence-corrected chi connectivity index (χ3v) is 3.31. The van der Waals surface area contributed by atoms with Crippen LogP contribution in [0, 0.1) is 0 Å². The summed E-state index contributed by atoms with van der Waals surface area (Å²) in [5.74, 6) is -2.71. The van der Waals surface area contributed by atoms with Gasteiger partial charge in [-0.05, 0) is 15.9 Å². The molecular weight excluding hydrogens is 310 g/mol. The second-order valence-electron chi connectivity index (χ2n) is 4.21. The van der Waals surface area contributed by atoms with E-state index in [9.17, 15) is 13.9 Å². The molecule has 0 bridgehead atoms. The molecule has 2 aromatic heterocycles. The summed E-state index contributed by atoms with van der Waals surface area (Å²) in [5.41, 5.74) is 0.620. The third-order valence-electron chi connectivity index (χ3n) is 2.92. The van der Waals surface area contributed by atoms with Crippen molar-refractivity contribution in [3.63, 3.8) is 0 Å². The molecule has 1 fully saturated rings.